The highest BCUT2D eigenvalue weighted by atomic mass is 32.1. The summed E-state index contributed by atoms with van der Waals surface area (Å²) < 4.78 is 0. The number of carbonyl (C=O) groups excluding carboxylic acids is 1. The number of carbonyl (C=O) groups is 1. The number of hydrogen-bond acceptors (Lipinski definition) is 4. The normalized spacial score (nSPS) is 10.5. The van der Waals surface area contributed by atoms with Crippen molar-refractivity contribution in [2.24, 2.45) is 0 Å². The van der Waals surface area contributed by atoms with Crippen LogP contribution in [0.4, 0.5) is 16.5 Å². The highest BCUT2D eigenvalue weighted by Gasteiger charge is 2.16. The number of para-hydroxylation sites is 1. The van der Waals surface area contributed by atoms with Crippen LogP contribution in [0, 0.1) is 20.8 Å². The van der Waals surface area contributed by atoms with E-state index in [1.165, 1.54) is 16.9 Å². The van der Waals surface area contributed by atoms with E-state index in [1.807, 2.05) is 43.3 Å². The van der Waals surface area contributed by atoms with Crippen LogP contribution in [-0.4, -0.2) is 10.9 Å². The molecule has 0 saturated heterocycles. The van der Waals surface area contributed by atoms with Crippen LogP contribution in [0.1, 0.15) is 26.5 Å². The molecule has 0 unspecified atom stereocenters. The molecule has 0 aliphatic heterocycles. The Morgan fingerprint density at radius 2 is 1.79 bits per heavy atom. The van der Waals surface area contributed by atoms with Crippen molar-refractivity contribution in [2.45, 2.75) is 20.8 Å². The van der Waals surface area contributed by atoms with Gasteiger partial charge in [-0.05, 0) is 44.5 Å². The maximum absolute atomic E-state index is 12.4. The van der Waals surface area contributed by atoms with Gasteiger partial charge >= 0.3 is 0 Å². The molecule has 4 nitrogen and oxygen atoms in total. The molecule has 2 N–H and O–H groups in total. The maximum atomic E-state index is 12.4. The summed E-state index contributed by atoms with van der Waals surface area (Å²) in [6.45, 7) is 5.97. The van der Waals surface area contributed by atoms with Crippen molar-refractivity contribution < 1.29 is 4.79 Å². The molecule has 0 atom stereocenters. The van der Waals surface area contributed by atoms with Crippen molar-refractivity contribution >= 4 is 33.8 Å². The van der Waals surface area contributed by atoms with Crippen molar-refractivity contribution in [3.8, 4) is 0 Å². The Morgan fingerprint density at radius 3 is 2.50 bits per heavy atom. The number of amides is 1. The molecule has 0 aliphatic carbocycles. The van der Waals surface area contributed by atoms with Gasteiger partial charge in [-0.25, -0.2) is 4.98 Å². The monoisotopic (exact) mass is 337 g/mol. The number of thiazole rings is 1. The number of aryl methyl sites for hydroxylation is 3. The van der Waals surface area contributed by atoms with Gasteiger partial charge in [0.25, 0.3) is 5.91 Å². The molecule has 0 bridgehead atoms. The van der Waals surface area contributed by atoms with Crippen LogP contribution >= 0.6 is 11.3 Å². The van der Waals surface area contributed by atoms with E-state index < -0.39 is 0 Å². The zero-order chi connectivity index (χ0) is 17.1. The fraction of sp³-hybridized carbons (Fsp3) is 0.158. The molecule has 1 amide bonds. The Balaban J connectivity index is 1.78. The lowest BCUT2D eigenvalue weighted by Gasteiger charge is -2.07. The van der Waals surface area contributed by atoms with Crippen LogP contribution < -0.4 is 10.6 Å². The molecule has 122 valence electrons. The van der Waals surface area contributed by atoms with Gasteiger partial charge in [0.15, 0.2) is 5.13 Å². The number of aromatic nitrogens is 1. The van der Waals surface area contributed by atoms with Crippen LogP contribution in [0.2, 0.25) is 0 Å². The molecule has 1 heterocycles. The lowest BCUT2D eigenvalue weighted by atomic mass is 10.1. The molecule has 1 aromatic heterocycles. The highest BCUT2D eigenvalue weighted by molar-refractivity contribution is 7.17. The number of rotatable bonds is 4. The first kappa shape index (κ1) is 16.2. The lowest BCUT2D eigenvalue weighted by molar-refractivity contribution is 0.103. The molecule has 0 saturated carbocycles. The highest BCUT2D eigenvalue weighted by Crippen LogP contribution is 2.28. The van der Waals surface area contributed by atoms with Gasteiger partial charge in [-0.3, -0.25) is 4.79 Å². The van der Waals surface area contributed by atoms with Crippen LogP contribution in [0.5, 0.6) is 0 Å². The van der Waals surface area contributed by atoms with Gasteiger partial charge in [-0.2, -0.15) is 0 Å². The quantitative estimate of drug-likeness (QED) is 0.699. The maximum Gasteiger partial charge on any atom is 0.267 e. The summed E-state index contributed by atoms with van der Waals surface area (Å²) in [5.41, 5.74) is 4.87. The van der Waals surface area contributed by atoms with Crippen LogP contribution in [-0.2, 0) is 0 Å². The predicted octanol–water partition coefficient (Wildman–Crippen LogP) is 5.06. The smallest absolute Gasteiger partial charge is 0.267 e. The summed E-state index contributed by atoms with van der Waals surface area (Å²) in [5.74, 6) is -0.134. The average molecular weight is 337 g/mol. The number of benzene rings is 2. The lowest BCUT2D eigenvalue weighted by Crippen LogP contribution is -2.11. The van der Waals surface area contributed by atoms with Gasteiger partial charge in [0, 0.05) is 11.4 Å². The molecular weight excluding hydrogens is 318 g/mol. The minimum atomic E-state index is -0.134. The molecule has 0 spiro atoms. The Bertz CT molecular complexity index is 872. The Labute approximate surface area is 145 Å². The van der Waals surface area contributed by atoms with Crippen LogP contribution in [0.25, 0.3) is 0 Å². The van der Waals surface area contributed by atoms with E-state index in [1.54, 1.807) is 0 Å². The number of anilines is 3. The summed E-state index contributed by atoms with van der Waals surface area (Å²) in [6, 6.07) is 15.6. The van der Waals surface area contributed by atoms with Gasteiger partial charge in [-0.15, -0.1) is 0 Å². The van der Waals surface area contributed by atoms with Gasteiger partial charge < -0.3 is 10.6 Å². The first-order valence-electron chi connectivity index (χ1n) is 7.71. The number of nitrogens with one attached hydrogen (secondary N) is 2. The zero-order valence-corrected chi connectivity index (χ0v) is 14.7. The topological polar surface area (TPSA) is 54.0 Å². The molecule has 24 heavy (non-hydrogen) atoms. The molecule has 3 rings (SSSR count). The van der Waals surface area contributed by atoms with Gasteiger partial charge in [-0.1, -0.05) is 47.2 Å². The summed E-state index contributed by atoms with van der Waals surface area (Å²) >= 11 is 1.36. The molecule has 0 fully saturated rings. The van der Waals surface area contributed by atoms with Crippen molar-refractivity contribution in [3.05, 3.63) is 70.2 Å². The van der Waals surface area contributed by atoms with E-state index in [0.717, 1.165) is 27.8 Å². The van der Waals surface area contributed by atoms with E-state index in [9.17, 15) is 4.79 Å². The molecule has 0 aliphatic rings. The average Bonchev–Trinajstić information content (AvgIpc) is 2.92. The number of nitrogens with zero attached hydrogens (tertiary/aromatic N) is 1. The first-order valence-corrected chi connectivity index (χ1v) is 8.52. The third-order valence-electron chi connectivity index (χ3n) is 3.66. The fourth-order valence-electron chi connectivity index (χ4n) is 2.44. The summed E-state index contributed by atoms with van der Waals surface area (Å²) in [5, 5.41) is 6.93. The van der Waals surface area contributed by atoms with E-state index in [-0.39, 0.29) is 5.91 Å². The fourth-order valence-corrected chi connectivity index (χ4v) is 3.31. The van der Waals surface area contributed by atoms with Crippen molar-refractivity contribution in [1.29, 1.82) is 0 Å². The second-order valence-electron chi connectivity index (χ2n) is 5.70. The predicted molar refractivity (Wildman–Crippen MR) is 100 cm³/mol. The Hall–Kier alpha value is -2.66. The minimum Gasteiger partial charge on any atom is -0.331 e. The minimum absolute atomic E-state index is 0.134. The standard InChI is InChI=1S/C19H19N3OS/c1-12-9-10-16(13(2)11-12)22-19-20-14(3)17(24-19)18(23)21-15-7-5-4-6-8-15/h4-11H,1-3H3,(H,20,22)(H,21,23). The van der Waals surface area contributed by atoms with Gasteiger partial charge in [0.1, 0.15) is 4.88 Å². The second kappa shape index (κ2) is 6.84. The summed E-state index contributed by atoms with van der Waals surface area (Å²) in [4.78, 5) is 17.5. The SMILES string of the molecule is Cc1ccc(Nc2nc(C)c(C(=O)Nc3ccccc3)s2)c(C)c1. The molecular formula is C19H19N3OS. The van der Waals surface area contributed by atoms with E-state index >= 15 is 0 Å². The largest absolute Gasteiger partial charge is 0.331 e. The van der Waals surface area contributed by atoms with Crippen molar-refractivity contribution in [1.82, 2.24) is 4.98 Å². The van der Waals surface area contributed by atoms with Crippen LogP contribution in [0.3, 0.4) is 0 Å². The zero-order valence-electron chi connectivity index (χ0n) is 13.9. The second-order valence-corrected chi connectivity index (χ2v) is 6.70. The third-order valence-corrected chi connectivity index (χ3v) is 4.73. The van der Waals surface area contributed by atoms with Crippen LogP contribution in [0.15, 0.2) is 48.5 Å². The summed E-state index contributed by atoms with van der Waals surface area (Å²) in [7, 11) is 0. The van der Waals surface area contributed by atoms with Crippen molar-refractivity contribution in [3.63, 3.8) is 0 Å². The van der Waals surface area contributed by atoms with Gasteiger partial charge in [0.05, 0.1) is 5.69 Å². The number of hydrogen-bond donors (Lipinski definition) is 2. The van der Waals surface area contributed by atoms with Gasteiger partial charge in [0.2, 0.25) is 0 Å². The van der Waals surface area contributed by atoms with Crippen molar-refractivity contribution in [2.75, 3.05) is 10.6 Å². The van der Waals surface area contributed by atoms with E-state index in [4.69, 9.17) is 0 Å². The Morgan fingerprint density at radius 1 is 1.04 bits per heavy atom. The third kappa shape index (κ3) is 3.63. The molecule has 5 heteroatoms. The summed E-state index contributed by atoms with van der Waals surface area (Å²) in [6.07, 6.45) is 0. The molecule has 0 radical (unpaired) electrons. The molecule has 2 aromatic carbocycles. The Kier molecular flexibility index (Phi) is 4.62. The van der Waals surface area contributed by atoms with E-state index in [0.29, 0.717) is 4.88 Å². The van der Waals surface area contributed by atoms with E-state index in [2.05, 4.69) is 41.6 Å². The first-order chi connectivity index (χ1) is 11.5. The molecule has 3 aromatic rings.